The van der Waals surface area contributed by atoms with Crippen molar-refractivity contribution in [2.45, 2.75) is 9.79 Å². The molecule has 0 aliphatic rings. The number of sulfone groups is 1. The normalized spacial score (nSPS) is 12.2. The third-order valence-electron chi connectivity index (χ3n) is 4.70. The van der Waals surface area contributed by atoms with Crippen molar-refractivity contribution in [2.24, 2.45) is 10.2 Å². The molecule has 0 atom stereocenters. The average molecular weight is 606 g/mol. The van der Waals surface area contributed by atoms with Crippen LogP contribution < -0.4 is 74.7 Å². The maximum Gasteiger partial charge on any atom is 1.00 e. The number of ether oxygens (including phenoxy) is 1. The first-order valence-electron chi connectivity index (χ1n) is 9.56. The minimum atomic E-state index is -4.90. The number of fused-ring (bicyclic) bond motifs is 1. The molecule has 194 valence electrons. The molecule has 0 radical (unpaired) electrons. The molecule has 0 heterocycles. The van der Waals surface area contributed by atoms with Gasteiger partial charge in [0.2, 0.25) is 0 Å². The number of benzene rings is 3. The van der Waals surface area contributed by atoms with Gasteiger partial charge in [0.25, 0.3) is 0 Å². The van der Waals surface area contributed by atoms with E-state index in [0.29, 0.717) is 6.07 Å². The number of nitrogens with two attached hydrogens (primary N) is 1. The maximum atomic E-state index is 12.6. The van der Waals surface area contributed by atoms with E-state index in [-0.39, 0.29) is 97.6 Å². The SMILES string of the molecule is COc1ccc(S(=O)(=O)CCOS(=O)(=O)O)cc1N=Nc1c(N)ccc2cc(S(=O)(=O)[O-])cc([O-])c12.[Na+].[Na+]. The van der Waals surface area contributed by atoms with Gasteiger partial charge in [-0.1, -0.05) is 17.9 Å². The third kappa shape index (κ3) is 8.57. The van der Waals surface area contributed by atoms with Crippen LogP contribution in [0.5, 0.6) is 11.5 Å². The molecule has 3 aromatic carbocycles. The zero-order valence-corrected chi connectivity index (χ0v) is 26.6. The van der Waals surface area contributed by atoms with Crippen molar-refractivity contribution in [3.8, 4) is 11.5 Å². The zero-order chi connectivity index (χ0) is 26.9. The van der Waals surface area contributed by atoms with Crippen LogP contribution in [0.4, 0.5) is 17.1 Å². The summed E-state index contributed by atoms with van der Waals surface area (Å²) in [5.74, 6) is -1.57. The molecule has 38 heavy (non-hydrogen) atoms. The van der Waals surface area contributed by atoms with Gasteiger partial charge in [-0.2, -0.15) is 8.42 Å². The topological polar surface area (TPSA) is 238 Å². The van der Waals surface area contributed by atoms with E-state index in [1.54, 1.807) is 0 Å². The molecule has 3 aromatic rings. The Labute approximate surface area is 262 Å². The Hall–Kier alpha value is -1.35. The zero-order valence-electron chi connectivity index (χ0n) is 20.2. The molecule has 14 nitrogen and oxygen atoms in total. The molecule has 0 bridgehead atoms. The molecule has 0 unspecified atom stereocenters. The molecule has 0 fully saturated rings. The number of methoxy groups -OCH3 is 1. The monoisotopic (exact) mass is 605 g/mol. The van der Waals surface area contributed by atoms with E-state index in [1.807, 2.05) is 0 Å². The minimum absolute atomic E-state index is 0. The van der Waals surface area contributed by atoms with Crippen molar-refractivity contribution in [2.75, 3.05) is 25.2 Å². The van der Waals surface area contributed by atoms with E-state index in [2.05, 4.69) is 14.4 Å². The van der Waals surface area contributed by atoms with E-state index in [9.17, 15) is 34.9 Å². The van der Waals surface area contributed by atoms with Gasteiger partial charge in [0.05, 0.1) is 34.9 Å². The van der Waals surface area contributed by atoms with Gasteiger partial charge in [0, 0.05) is 5.39 Å². The first kappa shape index (κ1) is 34.7. The van der Waals surface area contributed by atoms with Gasteiger partial charge >= 0.3 is 69.5 Å². The van der Waals surface area contributed by atoms with Gasteiger partial charge in [-0.25, -0.2) is 21.0 Å². The van der Waals surface area contributed by atoms with Crippen molar-refractivity contribution in [1.82, 2.24) is 0 Å². The second-order valence-corrected chi connectivity index (χ2v) is 11.7. The van der Waals surface area contributed by atoms with E-state index < -0.39 is 53.4 Å². The Kier molecular flexibility index (Phi) is 12.2. The van der Waals surface area contributed by atoms with E-state index in [0.717, 1.165) is 18.2 Å². The number of azo groups is 1. The number of hydrogen-bond donors (Lipinski definition) is 2. The fraction of sp³-hybridized carbons (Fsp3) is 0.158. The number of hydrogen-bond acceptors (Lipinski definition) is 13. The summed E-state index contributed by atoms with van der Waals surface area (Å²) < 4.78 is 98.0. The first-order chi connectivity index (χ1) is 16.6. The molecule has 0 aliphatic carbocycles. The third-order valence-corrected chi connectivity index (χ3v) is 7.65. The number of anilines is 1. The summed E-state index contributed by atoms with van der Waals surface area (Å²) in [5.41, 5.74) is 5.62. The van der Waals surface area contributed by atoms with Gasteiger partial charge in [-0.15, -0.1) is 10.2 Å². The molecule has 0 saturated carbocycles. The molecule has 0 aromatic heterocycles. The van der Waals surface area contributed by atoms with Crippen LogP contribution in [0.3, 0.4) is 0 Å². The molecule has 0 aliphatic heterocycles. The predicted octanol–water partition coefficient (Wildman–Crippen LogP) is -4.58. The minimum Gasteiger partial charge on any atom is -0.872 e. The summed E-state index contributed by atoms with van der Waals surface area (Å²) in [5, 5.41) is 20.4. The van der Waals surface area contributed by atoms with Crippen LogP contribution in [-0.2, 0) is 34.5 Å². The average Bonchev–Trinajstić information content (AvgIpc) is 2.76. The number of nitrogens with zero attached hydrogens (tertiary/aromatic N) is 2. The van der Waals surface area contributed by atoms with Crippen molar-refractivity contribution in [1.29, 1.82) is 0 Å². The molecular formula is C19H17N3Na2O11S3. The van der Waals surface area contributed by atoms with E-state index in [1.165, 1.54) is 25.3 Å². The second kappa shape index (κ2) is 13.3. The van der Waals surface area contributed by atoms with Gasteiger partial charge < -0.3 is 20.1 Å². The summed E-state index contributed by atoms with van der Waals surface area (Å²) >= 11 is 0. The van der Waals surface area contributed by atoms with Crippen molar-refractivity contribution < 1.29 is 107 Å². The molecule has 3 N–H and O–H groups in total. The van der Waals surface area contributed by atoms with Crippen LogP contribution in [0.2, 0.25) is 0 Å². The second-order valence-electron chi connectivity index (χ2n) is 7.08. The molecule has 0 amide bonds. The number of rotatable bonds is 9. The van der Waals surface area contributed by atoms with Gasteiger partial charge in [0.15, 0.2) is 9.84 Å². The molecule has 19 heteroatoms. The standard InChI is InChI=1S/C19H19N3O11S3.2Na/c1-32-17-5-3-12(34(24,25)7-6-33-36(29,30)31)9-15(17)21-22-19-14(20)4-2-11-8-13(35(26,27)28)10-16(23)18(11)19;;/h2-5,8-10,23H,6-7,20H2,1H3,(H,26,27,28)(H,29,30,31);;/q;2*+1/p-2. The van der Waals surface area contributed by atoms with Crippen LogP contribution in [0, 0.1) is 0 Å². The van der Waals surface area contributed by atoms with Crippen LogP contribution in [0.15, 0.2) is 62.5 Å². The summed E-state index contributed by atoms with van der Waals surface area (Å²) in [6.07, 6.45) is 0. The summed E-state index contributed by atoms with van der Waals surface area (Å²) in [4.78, 5) is -1.04. The Morgan fingerprint density at radius 3 is 2.18 bits per heavy atom. The summed E-state index contributed by atoms with van der Waals surface area (Å²) in [6.45, 7) is -0.843. The Balaban J connectivity index is 0.00000361. The van der Waals surface area contributed by atoms with Gasteiger partial charge in [0.1, 0.15) is 27.2 Å². The summed E-state index contributed by atoms with van der Waals surface area (Å²) in [7, 11) is -12.6. The Bertz CT molecular complexity index is 1700. The Morgan fingerprint density at radius 1 is 0.947 bits per heavy atom. The maximum absolute atomic E-state index is 12.6. The number of nitrogen functional groups attached to an aromatic ring is 1. The molecule has 0 saturated heterocycles. The van der Waals surface area contributed by atoms with Crippen LogP contribution >= 0.6 is 0 Å². The quantitative estimate of drug-likeness (QED) is 0.101. The van der Waals surface area contributed by atoms with Crippen molar-refractivity contribution >= 4 is 58.2 Å². The van der Waals surface area contributed by atoms with Crippen molar-refractivity contribution in [3.05, 3.63) is 42.5 Å². The summed E-state index contributed by atoms with van der Waals surface area (Å²) in [6, 6.07) is 7.72. The molecule has 3 rings (SSSR count). The smallest absolute Gasteiger partial charge is 0.872 e. The predicted molar refractivity (Wildman–Crippen MR) is 122 cm³/mol. The van der Waals surface area contributed by atoms with Crippen LogP contribution in [-0.4, -0.2) is 53.8 Å². The van der Waals surface area contributed by atoms with Crippen molar-refractivity contribution in [3.63, 3.8) is 0 Å². The largest absolute Gasteiger partial charge is 1.00 e. The first-order valence-corrected chi connectivity index (χ1v) is 14.0. The Morgan fingerprint density at radius 2 is 1.61 bits per heavy atom. The van der Waals surface area contributed by atoms with Crippen LogP contribution in [0.25, 0.3) is 10.8 Å². The van der Waals surface area contributed by atoms with Gasteiger partial charge in [-0.05, 0) is 35.7 Å². The van der Waals surface area contributed by atoms with Gasteiger partial charge in [-0.3, -0.25) is 4.55 Å². The fourth-order valence-corrected chi connectivity index (χ4v) is 5.09. The van der Waals surface area contributed by atoms with E-state index >= 15 is 0 Å². The molecule has 0 spiro atoms. The van der Waals surface area contributed by atoms with E-state index in [4.69, 9.17) is 15.0 Å². The molecular weight excluding hydrogens is 588 g/mol. The van der Waals surface area contributed by atoms with Crippen LogP contribution in [0.1, 0.15) is 0 Å². The fourth-order valence-electron chi connectivity index (χ4n) is 3.06.